The Kier molecular flexibility index (Phi) is 7.12. The molecule has 0 bridgehead atoms. The Morgan fingerprint density at radius 1 is 0.829 bits per heavy atom. The van der Waals surface area contributed by atoms with Gasteiger partial charge in [-0.3, -0.25) is 4.79 Å². The fourth-order valence-electron chi connectivity index (χ4n) is 3.89. The monoisotopic (exact) mass is 466 g/mol. The molecule has 4 aromatic rings. The van der Waals surface area contributed by atoms with Crippen LogP contribution in [0.25, 0.3) is 22.3 Å². The number of methoxy groups -OCH3 is 1. The van der Waals surface area contributed by atoms with Crippen molar-refractivity contribution >= 4 is 17.6 Å². The van der Waals surface area contributed by atoms with Gasteiger partial charge < -0.3 is 20.9 Å². The highest BCUT2D eigenvalue weighted by Gasteiger charge is 2.24. The molecule has 0 spiro atoms. The van der Waals surface area contributed by atoms with Crippen LogP contribution >= 0.6 is 0 Å². The van der Waals surface area contributed by atoms with Crippen molar-refractivity contribution in [3.8, 4) is 28.0 Å². The molecule has 0 unspecified atom stereocenters. The van der Waals surface area contributed by atoms with Crippen molar-refractivity contribution in [1.82, 2.24) is 5.32 Å². The molecule has 35 heavy (non-hydrogen) atoms. The van der Waals surface area contributed by atoms with Crippen molar-refractivity contribution in [2.75, 3.05) is 12.8 Å². The first kappa shape index (κ1) is 23.6. The number of anilines is 1. The van der Waals surface area contributed by atoms with Gasteiger partial charge in [-0.2, -0.15) is 0 Å². The van der Waals surface area contributed by atoms with Crippen LogP contribution < -0.4 is 11.1 Å². The van der Waals surface area contributed by atoms with Crippen LogP contribution in [0.15, 0.2) is 97.1 Å². The summed E-state index contributed by atoms with van der Waals surface area (Å²) in [6.07, 6.45) is 0.239. The molecule has 1 atom stereocenters. The maximum Gasteiger partial charge on any atom is 0.328 e. The highest BCUT2D eigenvalue weighted by molar-refractivity contribution is 6.00. The number of nitrogens with two attached hydrogens (primary N) is 1. The second-order valence-corrected chi connectivity index (χ2v) is 8.17. The lowest BCUT2D eigenvalue weighted by molar-refractivity contribution is -0.142. The molecule has 4 N–H and O–H groups in total. The van der Waals surface area contributed by atoms with Crippen LogP contribution in [0.2, 0.25) is 0 Å². The molecule has 0 aliphatic rings. The topological polar surface area (TPSA) is 102 Å². The zero-order valence-electron chi connectivity index (χ0n) is 19.3. The van der Waals surface area contributed by atoms with Crippen molar-refractivity contribution in [1.29, 1.82) is 0 Å². The molecule has 176 valence electrons. The number of amides is 1. The third kappa shape index (κ3) is 5.68. The van der Waals surface area contributed by atoms with Crippen LogP contribution in [0.1, 0.15) is 15.9 Å². The summed E-state index contributed by atoms with van der Waals surface area (Å²) in [6, 6.07) is 28.8. The van der Waals surface area contributed by atoms with Crippen LogP contribution in [0.4, 0.5) is 5.69 Å². The van der Waals surface area contributed by atoms with Crippen LogP contribution in [-0.2, 0) is 16.0 Å². The summed E-state index contributed by atoms with van der Waals surface area (Å²) in [5.41, 5.74) is 11.0. The first-order chi connectivity index (χ1) is 16.9. The van der Waals surface area contributed by atoms with Gasteiger partial charge in [-0.25, -0.2) is 4.79 Å². The number of esters is 1. The lowest BCUT2D eigenvalue weighted by atomic mass is 9.99. The zero-order chi connectivity index (χ0) is 24.8. The van der Waals surface area contributed by atoms with Crippen LogP contribution in [0.5, 0.6) is 5.75 Å². The summed E-state index contributed by atoms with van der Waals surface area (Å²) in [6.45, 7) is 0. The van der Waals surface area contributed by atoms with E-state index >= 15 is 0 Å². The van der Waals surface area contributed by atoms with Gasteiger partial charge in [-0.15, -0.1) is 0 Å². The molecule has 0 radical (unpaired) electrons. The Morgan fingerprint density at radius 2 is 1.46 bits per heavy atom. The van der Waals surface area contributed by atoms with E-state index in [0.29, 0.717) is 11.3 Å². The number of benzene rings is 4. The Labute approximate surface area is 204 Å². The SMILES string of the molecule is COC(=O)[C@H](Cc1ccc(-c2ccccc2)cc1)NC(=O)c1cc(-c2cccc(N)c2)ccc1O. The third-order valence-electron chi connectivity index (χ3n) is 5.75. The second kappa shape index (κ2) is 10.6. The highest BCUT2D eigenvalue weighted by Crippen LogP contribution is 2.27. The second-order valence-electron chi connectivity index (χ2n) is 8.17. The number of nitrogens with one attached hydrogen (secondary N) is 1. The summed E-state index contributed by atoms with van der Waals surface area (Å²) < 4.78 is 4.92. The summed E-state index contributed by atoms with van der Waals surface area (Å²) in [7, 11) is 1.28. The number of phenols is 1. The van der Waals surface area contributed by atoms with Gasteiger partial charge in [0.05, 0.1) is 12.7 Å². The van der Waals surface area contributed by atoms with Crippen LogP contribution in [0.3, 0.4) is 0 Å². The first-order valence-corrected chi connectivity index (χ1v) is 11.2. The van der Waals surface area contributed by atoms with E-state index in [0.717, 1.165) is 22.3 Å². The van der Waals surface area contributed by atoms with E-state index < -0.39 is 17.9 Å². The molecule has 4 rings (SSSR count). The fourth-order valence-corrected chi connectivity index (χ4v) is 3.89. The Balaban J connectivity index is 1.54. The largest absolute Gasteiger partial charge is 0.507 e. The highest BCUT2D eigenvalue weighted by atomic mass is 16.5. The molecule has 4 aromatic carbocycles. The summed E-state index contributed by atoms with van der Waals surface area (Å²) in [5, 5.41) is 13.1. The summed E-state index contributed by atoms with van der Waals surface area (Å²) in [5.74, 6) is -1.34. The lowest BCUT2D eigenvalue weighted by Crippen LogP contribution is -2.43. The average molecular weight is 467 g/mol. The van der Waals surface area contributed by atoms with Crippen molar-refractivity contribution in [2.45, 2.75) is 12.5 Å². The molecule has 0 heterocycles. The predicted octanol–water partition coefficient (Wildman–Crippen LogP) is 4.82. The van der Waals surface area contributed by atoms with Gasteiger partial charge in [0.1, 0.15) is 11.8 Å². The van der Waals surface area contributed by atoms with Gasteiger partial charge in [0.2, 0.25) is 0 Å². The fraction of sp³-hybridized carbons (Fsp3) is 0.103. The van der Waals surface area contributed by atoms with Gasteiger partial charge >= 0.3 is 5.97 Å². The first-order valence-electron chi connectivity index (χ1n) is 11.2. The Morgan fingerprint density at radius 3 is 2.14 bits per heavy atom. The van der Waals surface area contributed by atoms with Gasteiger partial charge in [0, 0.05) is 12.1 Å². The quantitative estimate of drug-likeness (QED) is 0.268. The minimum atomic E-state index is -0.925. The van der Waals surface area contributed by atoms with E-state index in [4.69, 9.17) is 10.5 Å². The van der Waals surface area contributed by atoms with Crippen molar-refractivity contribution in [3.05, 3.63) is 108 Å². The molecule has 0 aliphatic carbocycles. The van der Waals surface area contributed by atoms with Gasteiger partial charge in [-0.1, -0.05) is 72.8 Å². The Bertz CT molecular complexity index is 1330. The molecule has 6 heteroatoms. The van der Waals surface area contributed by atoms with E-state index in [-0.39, 0.29) is 17.7 Å². The number of hydrogen-bond donors (Lipinski definition) is 3. The number of nitrogen functional groups attached to an aromatic ring is 1. The third-order valence-corrected chi connectivity index (χ3v) is 5.75. The minimum absolute atomic E-state index is 0.0539. The van der Waals surface area contributed by atoms with E-state index in [2.05, 4.69) is 5.32 Å². The number of ether oxygens (including phenoxy) is 1. The van der Waals surface area contributed by atoms with Crippen LogP contribution in [-0.4, -0.2) is 30.1 Å². The number of carbonyl (C=O) groups is 2. The van der Waals surface area contributed by atoms with Gasteiger partial charge in [0.25, 0.3) is 5.91 Å². The Hall–Kier alpha value is -4.58. The van der Waals surface area contributed by atoms with E-state index in [1.54, 1.807) is 24.3 Å². The van der Waals surface area contributed by atoms with E-state index in [9.17, 15) is 14.7 Å². The van der Waals surface area contributed by atoms with Gasteiger partial charge in [-0.05, 0) is 52.1 Å². The lowest BCUT2D eigenvalue weighted by Gasteiger charge is -2.18. The smallest absolute Gasteiger partial charge is 0.328 e. The summed E-state index contributed by atoms with van der Waals surface area (Å²) >= 11 is 0. The summed E-state index contributed by atoms with van der Waals surface area (Å²) in [4.78, 5) is 25.5. The van der Waals surface area contributed by atoms with Gasteiger partial charge in [0.15, 0.2) is 0 Å². The minimum Gasteiger partial charge on any atom is -0.507 e. The number of carbonyl (C=O) groups excluding carboxylic acids is 2. The molecular formula is C29H26N2O4. The number of aromatic hydroxyl groups is 1. The van der Waals surface area contributed by atoms with Crippen molar-refractivity contribution in [2.24, 2.45) is 0 Å². The average Bonchev–Trinajstić information content (AvgIpc) is 2.89. The standard InChI is InChI=1S/C29H26N2O4/c1-35-29(34)26(16-19-10-12-21(13-11-19)20-6-3-2-4-7-20)31-28(33)25-18-23(14-15-27(25)32)22-8-5-9-24(30)17-22/h2-15,17-18,26,32H,16,30H2,1H3,(H,31,33)/t26-/m0/s1. The van der Waals surface area contributed by atoms with E-state index in [1.807, 2.05) is 66.7 Å². The molecule has 0 fully saturated rings. The van der Waals surface area contributed by atoms with E-state index in [1.165, 1.54) is 13.2 Å². The molecule has 0 saturated carbocycles. The maximum absolute atomic E-state index is 13.1. The van der Waals surface area contributed by atoms with Crippen LogP contribution in [0, 0.1) is 0 Å². The number of hydrogen-bond acceptors (Lipinski definition) is 5. The molecule has 0 saturated heterocycles. The number of rotatable bonds is 7. The van der Waals surface area contributed by atoms with Crippen molar-refractivity contribution < 1.29 is 19.4 Å². The molecular weight excluding hydrogens is 440 g/mol. The van der Waals surface area contributed by atoms with Crippen molar-refractivity contribution in [3.63, 3.8) is 0 Å². The molecule has 1 amide bonds. The molecule has 0 aromatic heterocycles. The molecule has 6 nitrogen and oxygen atoms in total. The zero-order valence-corrected chi connectivity index (χ0v) is 19.3. The molecule has 0 aliphatic heterocycles. The predicted molar refractivity (Wildman–Crippen MR) is 137 cm³/mol. The number of phenolic OH excluding ortho intramolecular Hbond substituents is 1. The normalized spacial score (nSPS) is 11.5. The maximum atomic E-state index is 13.1.